The molecule has 0 bridgehead atoms. The van der Waals surface area contributed by atoms with Crippen LogP contribution in [0.5, 0.6) is 5.75 Å². The first kappa shape index (κ1) is 20.3. The van der Waals surface area contributed by atoms with Gasteiger partial charge in [0.25, 0.3) is 11.8 Å². The first-order chi connectivity index (χ1) is 15.6. The Morgan fingerprint density at radius 2 is 1.53 bits per heavy atom. The van der Waals surface area contributed by atoms with E-state index in [2.05, 4.69) is 6.07 Å². The topological polar surface area (TPSA) is 49.9 Å². The van der Waals surface area contributed by atoms with Crippen molar-refractivity contribution < 1.29 is 14.3 Å². The average molecular weight is 445 g/mol. The Kier molecular flexibility index (Phi) is 5.19. The summed E-state index contributed by atoms with van der Waals surface area (Å²) in [6.45, 7) is 0.639. The second-order valence-corrected chi connectivity index (χ2v) is 8.11. The third kappa shape index (κ3) is 3.17. The number of imide groups is 1. The molecule has 0 N–H and O–H groups in total. The van der Waals surface area contributed by atoms with Crippen molar-refractivity contribution in [3.63, 3.8) is 0 Å². The highest BCUT2D eigenvalue weighted by Gasteiger charge is 2.44. The lowest BCUT2D eigenvalue weighted by atomic mass is 9.98. The zero-order valence-electron chi connectivity index (χ0n) is 17.5. The van der Waals surface area contributed by atoms with E-state index in [1.165, 1.54) is 4.90 Å². The Morgan fingerprint density at radius 3 is 2.31 bits per heavy atom. The molecular weight excluding hydrogens is 424 g/mol. The van der Waals surface area contributed by atoms with Crippen LogP contribution in [0.4, 0.5) is 11.4 Å². The fourth-order valence-corrected chi connectivity index (χ4v) is 4.70. The Bertz CT molecular complexity index is 1270. The molecule has 6 heteroatoms. The number of fused-ring (bicyclic) bond motifs is 1. The Labute approximate surface area is 191 Å². The number of ether oxygens (including phenoxy) is 1. The number of hydrogen-bond acceptors (Lipinski definition) is 4. The van der Waals surface area contributed by atoms with Crippen LogP contribution in [-0.4, -0.2) is 25.5 Å². The van der Waals surface area contributed by atoms with Crippen LogP contribution in [0.25, 0.3) is 5.57 Å². The summed E-state index contributed by atoms with van der Waals surface area (Å²) in [4.78, 5) is 30.8. The average Bonchev–Trinajstić information content (AvgIpc) is 3.08. The second-order valence-electron chi connectivity index (χ2n) is 7.70. The molecule has 2 heterocycles. The van der Waals surface area contributed by atoms with E-state index in [0.29, 0.717) is 39.8 Å². The molecule has 0 unspecified atom stereocenters. The Morgan fingerprint density at radius 1 is 0.844 bits per heavy atom. The summed E-state index contributed by atoms with van der Waals surface area (Å²) >= 11 is 6.40. The van der Waals surface area contributed by atoms with Crippen LogP contribution in [0.15, 0.2) is 78.5 Å². The molecule has 0 saturated carbocycles. The van der Waals surface area contributed by atoms with E-state index in [4.69, 9.17) is 16.3 Å². The molecular formula is C26H21ClN2O3. The molecule has 0 radical (unpaired) electrons. The van der Waals surface area contributed by atoms with Crippen LogP contribution >= 0.6 is 11.6 Å². The van der Waals surface area contributed by atoms with Gasteiger partial charge in [-0.1, -0.05) is 60.1 Å². The molecule has 0 aromatic heterocycles. The van der Waals surface area contributed by atoms with Gasteiger partial charge in [0.15, 0.2) is 0 Å². The predicted octanol–water partition coefficient (Wildman–Crippen LogP) is 5.09. The van der Waals surface area contributed by atoms with Crippen molar-refractivity contribution in [2.75, 3.05) is 23.5 Å². The minimum Gasteiger partial charge on any atom is -0.496 e. The van der Waals surface area contributed by atoms with Crippen LogP contribution in [0.1, 0.15) is 17.5 Å². The van der Waals surface area contributed by atoms with E-state index in [0.717, 1.165) is 24.1 Å². The number of hydrogen-bond donors (Lipinski definition) is 0. The van der Waals surface area contributed by atoms with Crippen LogP contribution in [-0.2, 0) is 16.0 Å². The Hall–Kier alpha value is -3.57. The molecule has 32 heavy (non-hydrogen) atoms. The smallest absolute Gasteiger partial charge is 0.282 e. The maximum atomic E-state index is 13.9. The summed E-state index contributed by atoms with van der Waals surface area (Å²) in [6.07, 6.45) is 1.81. The van der Waals surface area contributed by atoms with Gasteiger partial charge in [-0.25, -0.2) is 4.90 Å². The summed E-state index contributed by atoms with van der Waals surface area (Å²) in [5.74, 6) is -0.265. The van der Waals surface area contributed by atoms with Crippen LogP contribution < -0.4 is 14.5 Å². The number of carbonyl (C=O) groups is 2. The number of benzene rings is 3. The second kappa shape index (κ2) is 8.17. The lowest BCUT2D eigenvalue weighted by Crippen LogP contribution is -2.37. The summed E-state index contributed by atoms with van der Waals surface area (Å²) in [5, 5.41) is 0.342. The van der Waals surface area contributed by atoms with E-state index in [1.54, 1.807) is 37.4 Å². The summed E-state index contributed by atoms with van der Waals surface area (Å²) in [6, 6.07) is 22.2. The molecule has 5 nitrogen and oxygen atoms in total. The van der Waals surface area contributed by atoms with Gasteiger partial charge in [-0.15, -0.1) is 0 Å². The van der Waals surface area contributed by atoms with Gasteiger partial charge in [0.05, 0.1) is 23.4 Å². The van der Waals surface area contributed by atoms with Gasteiger partial charge < -0.3 is 9.64 Å². The number of nitrogens with zero attached hydrogens (tertiary/aromatic N) is 2. The molecule has 160 valence electrons. The number of halogens is 1. The maximum absolute atomic E-state index is 13.9. The summed E-state index contributed by atoms with van der Waals surface area (Å²) < 4.78 is 5.55. The molecule has 0 atom stereocenters. The number of aryl methyl sites for hydroxylation is 1. The van der Waals surface area contributed by atoms with Crippen LogP contribution in [0.2, 0.25) is 5.02 Å². The number of amides is 2. The summed E-state index contributed by atoms with van der Waals surface area (Å²) in [7, 11) is 1.56. The molecule has 0 spiro atoms. The highest BCUT2D eigenvalue weighted by molar-refractivity contribution is 6.48. The van der Waals surface area contributed by atoms with Crippen molar-refractivity contribution in [1.82, 2.24) is 0 Å². The van der Waals surface area contributed by atoms with Gasteiger partial charge in [-0.05, 0) is 42.7 Å². The number of para-hydroxylation sites is 3. The van der Waals surface area contributed by atoms with Crippen molar-refractivity contribution in [2.45, 2.75) is 12.8 Å². The minimum absolute atomic E-state index is 0.323. The van der Waals surface area contributed by atoms with E-state index in [-0.39, 0.29) is 5.91 Å². The fourth-order valence-electron chi connectivity index (χ4n) is 4.48. The quantitative estimate of drug-likeness (QED) is 0.526. The number of methoxy groups -OCH3 is 1. The monoisotopic (exact) mass is 444 g/mol. The van der Waals surface area contributed by atoms with Gasteiger partial charge in [0, 0.05) is 17.8 Å². The minimum atomic E-state index is -0.411. The molecule has 3 aromatic rings. The number of carbonyl (C=O) groups excluding carboxylic acids is 2. The molecule has 0 saturated heterocycles. The van der Waals surface area contributed by atoms with Gasteiger partial charge in [0.2, 0.25) is 0 Å². The predicted molar refractivity (Wildman–Crippen MR) is 126 cm³/mol. The molecule has 3 aromatic carbocycles. The lowest BCUT2D eigenvalue weighted by molar-refractivity contribution is -0.120. The standard InChI is InChI=1S/C26H21ClN2O3/c1-32-22-15-7-3-11-18(22)23-24(28-16-8-10-17-9-2-5-13-20(17)28)26(31)29(25(23)30)21-14-6-4-12-19(21)27/h2-7,9,11-15H,8,10,16H2,1H3. The third-order valence-corrected chi connectivity index (χ3v) is 6.23. The molecule has 2 amide bonds. The normalized spacial score (nSPS) is 15.9. The first-order valence-electron chi connectivity index (χ1n) is 10.5. The molecule has 2 aliphatic heterocycles. The molecule has 0 aliphatic carbocycles. The van der Waals surface area contributed by atoms with Crippen molar-refractivity contribution in [3.8, 4) is 5.75 Å². The van der Waals surface area contributed by atoms with E-state index < -0.39 is 5.91 Å². The van der Waals surface area contributed by atoms with Gasteiger partial charge in [-0.2, -0.15) is 0 Å². The van der Waals surface area contributed by atoms with Crippen molar-refractivity contribution in [1.29, 1.82) is 0 Å². The molecule has 5 rings (SSSR count). The highest BCUT2D eigenvalue weighted by Crippen LogP contribution is 2.42. The van der Waals surface area contributed by atoms with Crippen LogP contribution in [0, 0.1) is 0 Å². The maximum Gasteiger partial charge on any atom is 0.282 e. The van der Waals surface area contributed by atoms with E-state index in [9.17, 15) is 9.59 Å². The molecule has 2 aliphatic rings. The number of anilines is 2. The van der Waals surface area contributed by atoms with Crippen molar-refractivity contribution in [2.24, 2.45) is 0 Å². The van der Waals surface area contributed by atoms with E-state index in [1.807, 2.05) is 41.3 Å². The zero-order chi connectivity index (χ0) is 22.2. The Balaban J connectivity index is 1.75. The van der Waals surface area contributed by atoms with Gasteiger partial charge in [-0.3, -0.25) is 9.59 Å². The van der Waals surface area contributed by atoms with Crippen LogP contribution in [0.3, 0.4) is 0 Å². The number of rotatable bonds is 4. The highest BCUT2D eigenvalue weighted by atomic mass is 35.5. The van der Waals surface area contributed by atoms with Gasteiger partial charge in [0.1, 0.15) is 11.4 Å². The third-order valence-electron chi connectivity index (χ3n) is 5.91. The zero-order valence-corrected chi connectivity index (χ0v) is 18.3. The first-order valence-corrected chi connectivity index (χ1v) is 10.9. The molecule has 0 fully saturated rings. The largest absolute Gasteiger partial charge is 0.496 e. The van der Waals surface area contributed by atoms with Crippen molar-refractivity contribution >= 4 is 40.4 Å². The SMILES string of the molecule is COc1ccccc1C1=C(N2CCCc3ccccc32)C(=O)N(c2ccccc2Cl)C1=O. The lowest BCUT2D eigenvalue weighted by Gasteiger charge is -2.32. The summed E-state index contributed by atoms with van der Waals surface area (Å²) in [5.41, 5.74) is 3.74. The van der Waals surface area contributed by atoms with Gasteiger partial charge >= 0.3 is 0 Å². The fraction of sp³-hybridized carbons (Fsp3) is 0.154. The van der Waals surface area contributed by atoms with E-state index >= 15 is 0 Å². The van der Waals surface area contributed by atoms with Crippen molar-refractivity contribution in [3.05, 3.63) is 94.6 Å².